The van der Waals surface area contributed by atoms with Crippen molar-refractivity contribution < 1.29 is 18.7 Å². The normalized spacial score (nSPS) is 12.3. The van der Waals surface area contributed by atoms with E-state index in [4.69, 9.17) is 5.11 Å². The predicted molar refractivity (Wildman–Crippen MR) is 63.6 cm³/mol. The Morgan fingerprint density at radius 1 is 1.47 bits per heavy atom. The van der Waals surface area contributed by atoms with Crippen LogP contribution < -0.4 is 5.32 Å². The van der Waals surface area contributed by atoms with Gasteiger partial charge in [-0.25, -0.2) is 8.78 Å². The Morgan fingerprint density at radius 3 is 2.47 bits per heavy atom. The molecule has 0 aromatic heterocycles. The average molecular weight is 308 g/mol. The number of halogens is 3. The number of anilines is 1. The zero-order valence-electron chi connectivity index (χ0n) is 9.14. The van der Waals surface area contributed by atoms with Gasteiger partial charge in [0, 0.05) is 10.9 Å². The van der Waals surface area contributed by atoms with Crippen LogP contribution in [-0.4, -0.2) is 17.1 Å². The fourth-order valence-corrected chi connectivity index (χ4v) is 1.61. The molecule has 1 unspecified atom stereocenters. The number of carbonyl (C=O) groups is 1. The molecule has 1 atom stereocenters. The standard InChI is InChI=1S/C11H12BrF2NO2/c1-6(16)2-3-10(17)15-11-8(13)4-7(12)5-9(11)14/h4-6,16H,2-3H2,1H3,(H,15,17). The zero-order chi connectivity index (χ0) is 13.0. The van der Waals surface area contributed by atoms with Crippen LogP contribution in [0.25, 0.3) is 0 Å². The number of aliphatic hydroxyl groups is 1. The first kappa shape index (κ1) is 14.1. The Hall–Kier alpha value is -1.01. The highest BCUT2D eigenvalue weighted by atomic mass is 79.9. The zero-order valence-corrected chi connectivity index (χ0v) is 10.7. The second-order valence-corrected chi connectivity index (χ2v) is 4.60. The predicted octanol–water partition coefficient (Wildman–Crippen LogP) is 2.83. The van der Waals surface area contributed by atoms with E-state index in [1.165, 1.54) is 6.92 Å². The van der Waals surface area contributed by atoms with Crippen LogP contribution in [0.15, 0.2) is 16.6 Å². The number of amides is 1. The maximum absolute atomic E-state index is 13.3. The highest BCUT2D eigenvalue weighted by Gasteiger charge is 2.13. The largest absolute Gasteiger partial charge is 0.393 e. The molecule has 1 amide bonds. The number of hydrogen-bond acceptors (Lipinski definition) is 2. The molecule has 3 nitrogen and oxygen atoms in total. The second kappa shape index (κ2) is 6.07. The summed E-state index contributed by atoms with van der Waals surface area (Å²) in [5.74, 6) is -2.23. The molecule has 0 spiro atoms. The van der Waals surface area contributed by atoms with E-state index < -0.39 is 29.3 Å². The Labute approximate surface area is 106 Å². The van der Waals surface area contributed by atoms with Crippen LogP contribution in [0.1, 0.15) is 19.8 Å². The summed E-state index contributed by atoms with van der Waals surface area (Å²) in [7, 11) is 0. The van der Waals surface area contributed by atoms with Gasteiger partial charge in [-0.2, -0.15) is 0 Å². The van der Waals surface area contributed by atoms with E-state index in [1.54, 1.807) is 0 Å². The van der Waals surface area contributed by atoms with Crippen molar-refractivity contribution in [2.24, 2.45) is 0 Å². The summed E-state index contributed by atoms with van der Waals surface area (Å²) in [6.45, 7) is 1.54. The summed E-state index contributed by atoms with van der Waals surface area (Å²) in [5.41, 5.74) is -0.469. The van der Waals surface area contributed by atoms with Gasteiger partial charge in [0.15, 0.2) is 11.6 Å². The van der Waals surface area contributed by atoms with Crippen LogP contribution in [0, 0.1) is 11.6 Å². The van der Waals surface area contributed by atoms with E-state index in [0.29, 0.717) is 0 Å². The van der Waals surface area contributed by atoms with E-state index >= 15 is 0 Å². The maximum atomic E-state index is 13.3. The van der Waals surface area contributed by atoms with E-state index in [2.05, 4.69) is 21.2 Å². The minimum atomic E-state index is -0.845. The van der Waals surface area contributed by atoms with Gasteiger partial charge in [-0.1, -0.05) is 15.9 Å². The molecule has 94 valence electrons. The highest BCUT2D eigenvalue weighted by Crippen LogP contribution is 2.23. The lowest BCUT2D eigenvalue weighted by Crippen LogP contribution is -2.16. The van der Waals surface area contributed by atoms with Gasteiger partial charge in [0.25, 0.3) is 0 Å². The number of benzene rings is 1. The first-order valence-corrected chi connectivity index (χ1v) is 5.82. The Balaban J connectivity index is 2.72. The molecule has 0 bridgehead atoms. The van der Waals surface area contributed by atoms with Gasteiger partial charge in [-0.3, -0.25) is 4.79 Å². The molecular weight excluding hydrogens is 296 g/mol. The van der Waals surface area contributed by atoms with Crippen LogP contribution in [0.3, 0.4) is 0 Å². The summed E-state index contributed by atoms with van der Waals surface area (Å²) in [6.07, 6.45) is -0.376. The number of hydrogen-bond donors (Lipinski definition) is 2. The van der Waals surface area contributed by atoms with Gasteiger partial charge < -0.3 is 10.4 Å². The van der Waals surface area contributed by atoms with Gasteiger partial charge in [-0.15, -0.1) is 0 Å². The lowest BCUT2D eigenvalue weighted by Gasteiger charge is -2.08. The van der Waals surface area contributed by atoms with Crippen LogP contribution in [-0.2, 0) is 4.79 Å². The summed E-state index contributed by atoms with van der Waals surface area (Å²) in [5, 5.41) is 11.1. The SMILES string of the molecule is CC(O)CCC(=O)Nc1c(F)cc(Br)cc1F. The third-order valence-electron chi connectivity index (χ3n) is 2.06. The topological polar surface area (TPSA) is 49.3 Å². The van der Waals surface area contributed by atoms with Crippen molar-refractivity contribution >= 4 is 27.5 Å². The van der Waals surface area contributed by atoms with E-state index in [1.807, 2.05) is 0 Å². The Bertz CT molecular complexity index is 401. The lowest BCUT2D eigenvalue weighted by atomic mass is 10.2. The molecule has 0 saturated heterocycles. The first-order valence-electron chi connectivity index (χ1n) is 5.02. The quantitative estimate of drug-likeness (QED) is 0.898. The van der Waals surface area contributed by atoms with Gasteiger partial charge in [0.05, 0.1) is 6.10 Å². The third-order valence-corrected chi connectivity index (χ3v) is 2.52. The minimum absolute atomic E-state index is 0.00656. The lowest BCUT2D eigenvalue weighted by molar-refractivity contribution is -0.116. The second-order valence-electron chi connectivity index (χ2n) is 3.68. The van der Waals surface area contributed by atoms with Crippen molar-refractivity contribution in [2.75, 3.05) is 5.32 Å². The van der Waals surface area contributed by atoms with Gasteiger partial charge >= 0.3 is 0 Å². The molecule has 0 saturated carbocycles. The molecular formula is C11H12BrF2NO2. The van der Waals surface area contributed by atoms with Crippen molar-refractivity contribution in [1.29, 1.82) is 0 Å². The van der Waals surface area contributed by atoms with Gasteiger partial charge in [0.1, 0.15) is 5.69 Å². The first-order chi connectivity index (χ1) is 7.90. The average Bonchev–Trinajstić information content (AvgIpc) is 2.20. The fraction of sp³-hybridized carbons (Fsp3) is 0.364. The van der Waals surface area contributed by atoms with Crippen molar-refractivity contribution in [2.45, 2.75) is 25.9 Å². The minimum Gasteiger partial charge on any atom is -0.393 e. The molecule has 2 N–H and O–H groups in total. The van der Waals surface area contributed by atoms with Gasteiger partial charge in [0.2, 0.25) is 5.91 Å². The molecule has 0 fully saturated rings. The van der Waals surface area contributed by atoms with Crippen LogP contribution in [0.2, 0.25) is 0 Å². The molecule has 0 radical (unpaired) electrons. The van der Waals surface area contributed by atoms with Crippen LogP contribution >= 0.6 is 15.9 Å². The molecule has 1 aromatic rings. The van der Waals surface area contributed by atoms with Crippen molar-refractivity contribution in [3.05, 3.63) is 28.2 Å². The van der Waals surface area contributed by atoms with E-state index in [-0.39, 0.29) is 17.3 Å². The van der Waals surface area contributed by atoms with E-state index in [9.17, 15) is 13.6 Å². The molecule has 1 aromatic carbocycles. The molecule has 0 aliphatic carbocycles. The van der Waals surface area contributed by atoms with Crippen molar-refractivity contribution in [3.8, 4) is 0 Å². The Kier molecular flexibility index (Phi) is 5.02. The molecule has 0 aliphatic heterocycles. The molecule has 17 heavy (non-hydrogen) atoms. The summed E-state index contributed by atoms with van der Waals surface area (Å²) < 4.78 is 26.9. The number of aliphatic hydroxyl groups excluding tert-OH is 1. The number of nitrogens with one attached hydrogen (secondary N) is 1. The fourth-order valence-electron chi connectivity index (χ4n) is 1.20. The van der Waals surface area contributed by atoms with Crippen molar-refractivity contribution in [1.82, 2.24) is 0 Å². The monoisotopic (exact) mass is 307 g/mol. The Morgan fingerprint density at radius 2 is 2.00 bits per heavy atom. The highest BCUT2D eigenvalue weighted by molar-refractivity contribution is 9.10. The van der Waals surface area contributed by atoms with E-state index in [0.717, 1.165) is 12.1 Å². The number of carbonyl (C=O) groups excluding carboxylic acids is 1. The van der Waals surface area contributed by atoms with Gasteiger partial charge in [-0.05, 0) is 25.5 Å². The molecule has 0 aliphatic rings. The summed E-state index contributed by atoms with van der Waals surface area (Å²) >= 11 is 2.94. The molecule has 0 heterocycles. The number of rotatable bonds is 4. The summed E-state index contributed by atoms with van der Waals surface area (Å²) in [6, 6.07) is 2.13. The summed E-state index contributed by atoms with van der Waals surface area (Å²) in [4.78, 5) is 11.3. The van der Waals surface area contributed by atoms with Crippen LogP contribution in [0.4, 0.5) is 14.5 Å². The third kappa shape index (κ3) is 4.40. The smallest absolute Gasteiger partial charge is 0.224 e. The molecule has 1 rings (SSSR count). The maximum Gasteiger partial charge on any atom is 0.224 e. The van der Waals surface area contributed by atoms with Crippen molar-refractivity contribution in [3.63, 3.8) is 0 Å². The molecule has 6 heteroatoms. The van der Waals surface area contributed by atoms with Crippen LogP contribution in [0.5, 0.6) is 0 Å².